The van der Waals surface area contributed by atoms with E-state index >= 15 is 0 Å². The van der Waals surface area contributed by atoms with Crippen LogP contribution in [0.15, 0.2) is 77.6 Å². The number of benzene rings is 3. The molecular formula is C32H33FN6O. The van der Waals surface area contributed by atoms with E-state index < -0.39 is 6.04 Å². The fourth-order valence-electron chi connectivity index (χ4n) is 6.08. The molecule has 3 aromatic carbocycles. The monoisotopic (exact) mass is 536 g/mol. The highest BCUT2D eigenvalue weighted by atomic mass is 19.1. The molecule has 0 aliphatic heterocycles. The van der Waals surface area contributed by atoms with Gasteiger partial charge in [0.1, 0.15) is 11.9 Å². The van der Waals surface area contributed by atoms with Gasteiger partial charge in [0.25, 0.3) is 5.56 Å². The highest BCUT2D eigenvalue weighted by molar-refractivity contribution is 5.83. The average Bonchev–Trinajstić information content (AvgIpc) is 3.64. The molecule has 0 unspecified atom stereocenters. The predicted molar refractivity (Wildman–Crippen MR) is 153 cm³/mol. The van der Waals surface area contributed by atoms with Gasteiger partial charge < -0.3 is 4.98 Å². The van der Waals surface area contributed by atoms with Crippen LogP contribution in [-0.4, -0.2) is 30.1 Å². The number of rotatable bonds is 8. The van der Waals surface area contributed by atoms with Crippen LogP contribution >= 0.6 is 0 Å². The SMILES string of the molecule is Cc1cc(C)c2[nH]c(=O)c([C@@H](c3nnnn3C3CCCC3)N(Cc3ccccc3)Cc3ccc(F)cc3)cc2c1. The van der Waals surface area contributed by atoms with E-state index in [1.54, 1.807) is 12.1 Å². The molecule has 5 aromatic rings. The summed E-state index contributed by atoms with van der Waals surface area (Å²) in [4.78, 5) is 19.3. The summed E-state index contributed by atoms with van der Waals surface area (Å²) in [5.41, 5.74) is 5.44. The maximum Gasteiger partial charge on any atom is 0.253 e. The third kappa shape index (κ3) is 5.31. The number of aromatic amines is 1. The van der Waals surface area contributed by atoms with Crippen LogP contribution < -0.4 is 5.56 Å². The van der Waals surface area contributed by atoms with Gasteiger partial charge in [-0.15, -0.1) is 5.10 Å². The van der Waals surface area contributed by atoms with Crippen molar-refractivity contribution in [3.05, 3.63) is 123 Å². The highest BCUT2D eigenvalue weighted by Crippen LogP contribution is 2.35. The number of hydrogen-bond donors (Lipinski definition) is 1. The number of hydrogen-bond acceptors (Lipinski definition) is 5. The average molecular weight is 537 g/mol. The predicted octanol–water partition coefficient (Wildman–Crippen LogP) is 6.18. The number of pyridine rings is 1. The van der Waals surface area contributed by atoms with Crippen molar-refractivity contribution in [3.63, 3.8) is 0 Å². The standard InChI is InChI=1S/C32H33FN6O/c1-21-16-22(2)29-25(17-21)18-28(32(40)34-29)30(31-35-36-37-39(31)27-10-6-7-11-27)38(19-23-8-4-3-5-9-23)20-24-12-14-26(33)15-13-24/h3-5,8-9,12-18,27,30H,6-7,10-11,19-20H2,1-2H3,(H,34,40)/t30-/m0/s1. The molecule has 7 nitrogen and oxygen atoms in total. The quantitative estimate of drug-likeness (QED) is 0.256. The Morgan fingerprint density at radius 2 is 1.68 bits per heavy atom. The number of nitrogens with zero attached hydrogens (tertiary/aromatic N) is 5. The second-order valence-corrected chi connectivity index (χ2v) is 10.9. The summed E-state index contributed by atoms with van der Waals surface area (Å²) in [6.07, 6.45) is 4.28. The van der Waals surface area contributed by atoms with Crippen LogP contribution in [-0.2, 0) is 13.1 Å². The number of aryl methyl sites for hydroxylation is 2. The highest BCUT2D eigenvalue weighted by Gasteiger charge is 2.33. The van der Waals surface area contributed by atoms with Crippen LogP contribution in [0.5, 0.6) is 0 Å². The van der Waals surface area contributed by atoms with Gasteiger partial charge in [-0.1, -0.05) is 66.9 Å². The summed E-state index contributed by atoms with van der Waals surface area (Å²) in [5, 5.41) is 14.1. The Labute approximate surface area is 232 Å². The normalized spacial score (nSPS) is 14.8. The van der Waals surface area contributed by atoms with Crippen molar-refractivity contribution < 1.29 is 4.39 Å². The van der Waals surface area contributed by atoms with Gasteiger partial charge in [-0.3, -0.25) is 9.69 Å². The lowest BCUT2D eigenvalue weighted by atomic mass is 9.99. The first-order valence-electron chi connectivity index (χ1n) is 13.9. The van der Waals surface area contributed by atoms with E-state index in [2.05, 4.69) is 56.6 Å². The van der Waals surface area contributed by atoms with E-state index in [0.29, 0.717) is 24.5 Å². The minimum Gasteiger partial charge on any atom is -0.321 e. The summed E-state index contributed by atoms with van der Waals surface area (Å²) in [6.45, 7) is 5.09. The van der Waals surface area contributed by atoms with Crippen molar-refractivity contribution in [2.24, 2.45) is 0 Å². The van der Waals surface area contributed by atoms with Gasteiger partial charge in [0, 0.05) is 18.7 Å². The lowest BCUT2D eigenvalue weighted by Crippen LogP contribution is -2.35. The van der Waals surface area contributed by atoms with Gasteiger partial charge in [0.05, 0.1) is 11.6 Å². The Bertz CT molecular complexity index is 1670. The first kappa shape index (κ1) is 26.1. The van der Waals surface area contributed by atoms with Crippen LogP contribution in [0.3, 0.4) is 0 Å². The van der Waals surface area contributed by atoms with Gasteiger partial charge in [-0.2, -0.15) is 0 Å². The second kappa shape index (κ2) is 11.1. The minimum absolute atomic E-state index is 0.164. The zero-order valence-corrected chi connectivity index (χ0v) is 22.8. The van der Waals surface area contributed by atoms with Crippen LogP contribution in [0.1, 0.15) is 71.4 Å². The largest absolute Gasteiger partial charge is 0.321 e. The van der Waals surface area contributed by atoms with Gasteiger partial charge in [0.2, 0.25) is 0 Å². The molecule has 1 fully saturated rings. The van der Waals surface area contributed by atoms with Crippen molar-refractivity contribution >= 4 is 10.9 Å². The summed E-state index contributed by atoms with van der Waals surface area (Å²) >= 11 is 0. The second-order valence-electron chi connectivity index (χ2n) is 10.9. The molecular weight excluding hydrogens is 503 g/mol. The van der Waals surface area contributed by atoms with Crippen molar-refractivity contribution in [2.45, 2.75) is 64.7 Å². The molecule has 2 heterocycles. The zero-order chi connectivity index (χ0) is 27.6. The van der Waals surface area contributed by atoms with E-state index in [1.807, 2.05) is 35.9 Å². The first-order chi connectivity index (χ1) is 19.5. The van der Waals surface area contributed by atoms with Crippen molar-refractivity contribution in [2.75, 3.05) is 0 Å². The summed E-state index contributed by atoms with van der Waals surface area (Å²) in [6, 6.07) is 22.5. The number of tetrazole rings is 1. The molecule has 40 heavy (non-hydrogen) atoms. The van der Waals surface area contributed by atoms with E-state index in [0.717, 1.165) is 58.8 Å². The van der Waals surface area contributed by atoms with Gasteiger partial charge in [0.15, 0.2) is 5.82 Å². The molecule has 0 radical (unpaired) electrons. The molecule has 1 N–H and O–H groups in total. The number of H-pyrrole nitrogens is 1. The van der Waals surface area contributed by atoms with E-state index in [4.69, 9.17) is 0 Å². The molecule has 0 saturated heterocycles. The van der Waals surface area contributed by atoms with Gasteiger partial charge in [-0.25, -0.2) is 9.07 Å². The molecule has 8 heteroatoms. The fraction of sp³-hybridized carbons (Fsp3) is 0.312. The number of aromatic nitrogens is 5. The van der Waals surface area contributed by atoms with E-state index in [-0.39, 0.29) is 17.4 Å². The van der Waals surface area contributed by atoms with E-state index in [1.165, 1.54) is 12.1 Å². The Kier molecular flexibility index (Phi) is 7.26. The van der Waals surface area contributed by atoms with Crippen molar-refractivity contribution in [3.8, 4) is 0 Å². The third-order valence-electron chi connectivity index (χ3n) is 7.94. The number of halogens is 1. The molecule has 6 rings (SSSR count). The maximum atomic E-state index is 13.9. The molecule has 0 bridgehead atoms. The molecule has 1 aliphatic carbocycles. The lowest BCUT2D eigenvalue weighted by Gasteiger charge is -2.32. The van der Waals surface area contributed by atoms with Crippen LogP contribution in [0, 0.1) is 19.7 Å². The first-order valence-corrected chi connectivity index (χ1v) is 13.9. The number of fused-ring (bicyclic) bond motifs is 1. The summed E-state index contributed by atoms with van der Waals surface area (Å²) in [7, 11) is 0. The Balaban J connectivity index is 1.55. The topological polar surface area (TPSA) is 79.7 Å². The van der Waals surface area contributed by atoms with Crippen LogP contribution in [0.2, 0.25) is 0 Å². The summed E-state index contributed by atoms with van der Waals surface area (Å²) < 4.78 is 15.8. The molecule has 204 valence electrons. The van der Waals surface area contributed by atoms with Crippen LogP contribution in [0.25, 0.3) is 10.9 Å². The zero-order valence-electron chi connectivity index (χ0n) is 22.8. The maximum absolute atomic E-state index is 13.9. The van der Waals surface area contributed by atoms with Crippen molar-refractivity contribution in [1.82, 2.24) is 30.1 Å². The molecule has 1 atom stereocenters. The molecule has 1 aliphatic rings. The van der Waals surface area contributed by atoms with Gasteiger partial charge >= 0.3 is 0 Å². The van der Waals surface area contributed by atoms with Crippen LogP contribution in [0.4, 0.5) is 4.39 Å². The molecule has 2 aromatic heterocycles. The molecule has 1 saturated carbocycles. The number of nitrogens with one attached hydrogen (secondary N) is 1. The third-order valence-corrected chi connectivity index (χ3v) is 7.94. The lowest BCUT2D eigenvalue weighted by molar-refractivity contribution is 0.190. The smallest absolute Gasteiger partial charge is 0.253 e. The van der Waals surface area contributed by atoms with Crippen molar-refractivity contribution in [1.29, 1.82) is 0 Å². The minimum atomic E-state index is -0.533. The fourth-order valence-corrected chi connectivity index (χ4v) is 6.08. The Morgan fingerprint density at radius 1 is 0.975 bits per heavy atom. The van der Waals surface area contributed by atoms with Gasteiger partial charge in [-0.05, 0) is 83.5 Å². The molecule has 0 spiro atoms. The Morgan fingerprint density at radius 3 is 2.40 bits per heavy atom. The van der Waals surface area contributed by atoms with E-state index in [9.17, 15) is 9.18 Å². The summed E-state index contributed by atoms with van der Waals surface area (Å²) in [5.74, 6) is 0.371. The molecule has 0 amide bonds. The Hall–Kier alpha value is -4.17.